The van der Waals surface area contributed by atoms with Crippen molar-refractivity contribution in [1.29, 1.82) is 0 Å². The number of carbonyl (C=O) groups is 1. The van der Waals surface area contributed by atoms with E-state index in [9.17, 15) is 18.0 Å². The molecule has 0 spiro atoms. The molecule has 6 nitrogen and oxygen atoms in total. The lowest BCUT2D eigenvalue weighted by Gasteiger charge is -2.17. The zero-order valence-corrected chi connectivity index (χ0v) is 13.7. The van der Waals surface area contributed by atoms with Gasteiger partial charge in [0.2, 0.25) is 0 Å². The predicted molar refractivity (Wildman–Crippen MR) is 84.0 cm³/mol. The summed E-state index contributed by atoms with van der Waals surface area (Å²) in [5, 5.41) is 7.32. The number of aromatic amines is 1. The number of halogens is 3. The molecule has 1 saturated heterocycles. The van der Waals surface area contributed by atoms with E-state index in [1.807, 2.05) is 13.0 Å². The van der Waals surface area contributed by atoms with Crippen molar-refractivity contribution in [3.63, 3.8) is 0 Å². The molecule has 24 heavy (non-hydrogen) atoms. The normalized spacial score (nSPS) is 15.6. The molecule has 3 heterocycles. The second kappa shape index (κ2) is 6.42. The zero-order valence-electron chi connectivity index (χ0n) is 12.9. The van der Waals surface area contributed by atoms with Gasteiger partial charge in [-0.15, -0.1) is 0 Å². The van der Waals surface area contributed by atoms with Crippen molar-refractivity contribution < 1.29 is 18.0 Å². The second-order valence-electron chi connectivity index (χ2n) is 5.52. The minimum atomic E-state index is -4.19. The standard InChI is InChI=1S/C14H16F3N5OS/c1-9-11(10-3-5-18-20-10)24-12(19-9)22-8-7-21(13(22)23)6-2-4-14(15,16)17/h3,5H,2,4,6-8H2,1H3,(H,18,20). The first kappa shape index (κ1) is 16.7. The molecule has 2 amide bonds. The molecule has 1 N–H and O–H groups in total. The maximum Gasteiger partial charge on any atom is 0.389 e. The van der Waals surface area contributed by atoms with Gasteiger partial charge in [0.05, 0.1) is 16.3 Å². The Kier molecular flexibility index (Phi) is 4.48. The van der Waals surface area contributed by atoms with Crippen LogP contribution in [0.25, 0.3) is 10.6 Å². The number of carbonyl (C=O) groups excluding carboxylic acids is 1. The molecule has 1 fully saturated rings. The molecule has 0 atom stereocenters. The highest BCUT2D eigenvalue weighted by molar-refractivity contribution is 7.19. The Balaban J connectivity index is 1.66. The quantitative estimate of drug-likeness (QED) is 0.890. The maximum absolute atomic E-state index is 12.4. The number of urea groups is 1. The van der Waals surface area contributed by atoms with Gasteiger partial charge in [0.1, 0.15) is 0 Å². The van der Waals surface area contributed by atoms with Gasteiger partial charge >= 0.3 is 12.2 Å². The third-order valence-corrected chi connectivity index (χ3v) is 4.96. The van der Waals surface area contributed by atoms with Crippen LogP contribution in [-0.4, -0.2) is 51.9 Å². The van der Waals surface area contributed by atoms with Crippen LogP contribution in [-0.2, 0) is 0 Å². The molecule has 1 aliphatic rings. The van der Waals surface area contributed by atoms with Gasteiger partial charge in [-0.05, 0) is 19.4 Å². The van der Waals surface area contributed by atoms with Gasteiger partial charge in [0, 0.05) is 32.3 Å². The van der Waals surface area contributed by atoms with Crippen molar-refractivity contribution in [2.24, 2.45) is 0 Å². The van der Waals surface area contributed by atoms with Crippen molar-refractivity contribution in [2.45, 2.75) is 25.9 Å². The molecule has 0 aliphatic carbocycles. The fraction of sp³-hybridized carbons (Fsp3) is 0.500. The monoisotopic (exact) mass is 359 g/mol. The fourth-order valence-corrected chi connectivity index (χ4v) is 3.63. The lowest BCUT2D eigenvalue weighted by molar-refractivity contribution is -0.135. The number of hydrogen-bond donors (Lipinski definition) is 1. The number of rotatable bonds is 5. The van der Waals surface area contributed by atoms with E-state index < -0.39 is 12.6 Å². The third-order valence-electron chi connectivity index (χ3n) is 3.74. The van der Waals surface area contributed by atoms with Gasteiger partial charge in [-0.2, -0.15) is 18.3 Å². The molecule has 2 aromatic rings. The minimum Gasteiger partial charge on any atom is -0.322 e. The molecular weight excluding hydrogens is 343 g/mol. The third kappa shape index (κ3) is 3.53. The smallest absolute Gasteiger partial charge is 0.322 e. The van der Waals surface area contributed by atoms with Gasteiger partial charge in [0.25, 0.3) is 0 Å². The fourth-order valence-electron chi connectivity index (χ4n) is 2.57. The largest absolute Gasteiger partial charge is 0.389 e. The highest BCUT2D eigenvalue weighted by Gasteiger charge is 2.33. The summed E-state index contributed by atoms with van der Waals surface area (Å²) in [6.07, 6.45) is -3.51. The highest BCUT2D eigenvalue weighted by Crippen LogP contribution is 2.34. The Labute approximate surface area is 140 Å². The van der Waals surface area contributed by atoms with E-state index in [4.69, 9.17) is 0 Å². The summed E-state index contributed by atoms with van der Waals surface area (Å²) in [5.41, 5.74) is 1.60. The van der Waals surface area contributed by atoms with Crippen LogP contribution < -0.4 is 4.90 Å². The summed E-state index contributed by atoms with van der Waals surface area (Å²) in [5.74, 6) is 0. The molecule has 2 aromatic heterocycles. The van der Waals surface area contributed by atoms with Gasteiger partial charge in [-0.3, -0.25) is 10.00 Å². The van der Waals surface area contributed by atoms with E-state index in [1.165, 1.54) is 21.1 Å². The average molecular weight is 359 g/mol. The van der Waals surface area contributed by atoms with Crippen LogP contribution in [0.5, 0.6) is 0 Å². The molecule has 1 aliphatic heterocycles. The molecule has 0 unspecified atom stereocenters. The molecule has 0 aromatic carbocycles. The Morgan fingerprint density at radius 1 is 1.38 bits per heavy atom. The first-order valence-electron chi connectivity index (χ1n) is 7.45. The van der Waals surface area contributed by atoms with E-state index in [0.717, 1.165) is 16.3 Å². The van der Waals surface area contributed by atoms with Crippen LogP contribution in [0.2, 0.25) is 0 Å². The van der Waals surface area contributed by atoms with E-state index in [-0.39, 0.29) is 19.0 Å². The Morgan fingerprint density at radius 2 is 2.17 bits per heavy atom. The number of alkyl halides is 3. The number of thiazole rings is 1. The number of nitrogens with zero attached hydrogens (tertiary/aromatic N) is 4. The first-order chi connectivity index (χ1) is 11.3. The number of anilines is 1. The van der Waals surface area contributed by atoms with Crippen molar-refractivity contribution in [2.75, 3.05) is 24.5 Å². The predicted octanol–water partition coefficient (Wildman–Crippen LogP) is 3.43. The molecule has 3 rings (SSSR count). The number of aromatic nitrogens is 3. The van der Waals surface area contributed by atoms with Crippen LogP contribution in [0.1, 0.15) is 18.5 Å². The van der Waals surface area contributed by atoms with Crippen molar-refractivity contribution in [1.82, 2.24) is 20.1 Å². The number of H-pyrrole nitrogens is 1. The van der Waals surface area contributed by atoms with Crippen LogP contribution in [0.3, 0.4) is 0 Å². The van der Waals surface area contributed by atoms with Gasteiger partial charge in [-0.25, -0.2) is 9.78 Å². The molecule has 0 bridgehead atoms. The van der Waals surface area contributed by atoms with Crippen molar-refractivity contribution >= 4 is 22.5 Å². The van der Waals surface area contributed by atoms with Crippen LogP contribution in [0, 0.1) is 6.92 Å². The lowest BCUT2D eigenvalue weighted by Crippen LogP contribution is -2.32. The second-order valence-corrected chi connectivity index (χ2v) is 6.50. The van der Waals surface area contributed by atoms with Crippen molar-refractivity contribution in [3.05, 3.63) is 18.0 Å². The van der Waals surface area contributed by atoms with Gasteiger partial charge in [0.15, 0.2) is 5.13 Å². The lowest BCUT2D eigenvalue weighted by atomic mass is 10.3. The minimum absolute atomic E-state index is 0.0840. The van der Waals surface area contributed by atoms with Crippen LogP contribution >= 0.6 is 11.3 Å². The Morgan fingerprint density at radius 3 is 2.83 bits per heavy atom. The number of amides is 2. The average Bonchev–Trinajstić information content (AvgIpc) is 3.19. The summed E-state index contributed by atoms with van der Waals surface area (Å²) in [4.78, 5) is 20.7. The molecule has 130 valence electrons. The van der Waals surface area contributed by atoms with E-state index in [1.54, 1.807) is 6.20 Å². The van der Waals surface area contributed by atoms with Crippen LogP contribution in [0.15, 0.2) is 12.3 Å². The van der Waals surface area contributed by atoms with Gasteiger partial charge < -0.3 is 4.90 Å². The molecule has 0 saturated carbocycles. The summed E-state index contributed by atoms with van der Waals surface area (Å²) in [6, 6.07) is 1.53. The highest BCUT2D eigenvalue weighted by atomic mass is 32.1. The van der Waals surface area contributed by atoms with Gasteiger partial charge in [-0.1, -0.05) is 11.3 Å². The summed E-state index contributed by atoms with van der Waals surface area (Å²) in [6.45, 7) is 2.79. The topological polar surface area (TPSA) is 65.1 Å². The summed E-state index contributed by atoms with van der Waals surface area (Å²) in [7, 11) is 0. The Hall–Kier alpha value is -2.10. The maximum atomic E-state index is 12.4. The SMILES string of the molecule is Cc1nc(N2CCN(CCCC(F)(F)F)C2=O)sc1-c1ccn[nH]1. The van der Waals surface area contributed by atoms with E-state index >= 15 is 0 Å². The number of nitrogens with one attached hydrogen (secondary N) is 1. The number of hydrogen-bond acceptors (Lipinski definition) is 4. The van der Waals surface area contributed by atoms with Crippen LogP contribution in [0.4, 0.5) is 23.1 Å². The summed E-state index contributed by atoms with van der Waals surface area (Å²) >= 11 is 1.36. The van der Waals surface area contributed by atoms with Crippen molar-refractivity contribution in [3.8, 4) is 10.6 Å². The van der Waals surface area contributed by atoms with E-state index in [2.05, 4.69) is 15.2 Å². The first-order valence-corrected chi connectivity index (χ1v) is 8.27. The number of aryl methyl sites for hydroxylation is 1. The molecular formula is C14H16F3N5OS. The summed E-state index contributed by atoms with van der Waals surface area (Å²) < 4.78 is 36.7. The molecule has 10 heteroatoms. The zero-order chi connectivity index (χ0) is 17.3. The van der Waals surface area contributed by atoms with E-state index in [0.29, 0.717) is 18.2 Å². The Bertz CT molecular complexity index is 713. The molecule has 0 radical (unpaired) electrons.